The highest BCUT2D eigenvalue weighted by Crippen LogP contribution is 2.14. The third-order valence-corrected chi connectivity index (χ3v) is 3.15. The minimum atomic E-state index is 0.694. The van der Waals surface area contributed by atoms with Gasteiger partial charge in [0.25, 0.3) is 0 Å². The van der Waals surface area contributed by atoms with Crippen LogP contribution in [0.15, 0.2) is 42.0 Å². The van der Waals surface area contributed by atoms with Crippen molar-refractivity contribution >= 4 is 11.6 Å². The Morgan fingerprint density at radius 3 is 2.41 bits per heavy atom. The summed E-state index contributed by atoms with van der Waals surface area (Å²) in [7, 11) is 0. The lowest BCUT2D eigenvalue weighted by atomic mass is 10.1. The lowest BCUT2D eigenvalue weighted by Gasteiger charge is -2.25. The molecule has 0 saturated carbocycles. The van der Waals surface area contributed by atoms with Gasteiger partial charge in [-0.2, -0.15) is 0 Å². The van der Waals surface area contributed by atoms with Gasteiger partial charge in [-0.05, 0) is 12.0 Å². The van der Waals surface area contributed by atoms with E-state index in [4.69, 9.17) is 11.6 Å². The maximum Gasteiger partial charge on any atom is 0.0434 e. The monoisotopic (exact) mass is 251 g/mol. The van der Waals surface area contributed by atoms with E-state index in [9.17, 15) is 0 Å². The first-order valence-corrected chi connectivity index (χ1v) is 6.92. The van der Waals surface area contributed by atoms with Crippen LogP contribution in [-0.4, -0.2) is 23.9 Å². The fourth-order valence-corrected chi connectivity index (χ4v) is 2.10. The second kappa shape index (κ2) is 8.32. The lowest BCUT2D eigenvalue weighted by molar-refractivity contribution is 0.286. The largest absolute Gasteiger partial charge is 0.295 e. The Kier molecular flexibility index (Phi) is 6.99. The van der Waals surface area contributed by atoms with Gasteiger partial charge in [0.1, 0.15) is 0 Å². The summed E-state index contributed by atoms with van der Waals surface area (Å²) in [6.07, 6.45) is 3.38. The van der Waals surface area contributed by atoms with E-state index in [0.717, 1.165) is 26.1 Å². The number of halogens is 1. The molecule has 0 atom stereocenters. The quantitative estimate of drug-likeness (QED) is 0.578. The molecule has 0 fully saturated rings. The number of alkyl halides is 1. The van der Waals surface area contributed by atoms with E-state index in [0.29, 0.717) is 5.88 Å². The Morgan fingerprint density at radius 2 is 1.88 bits per heavy atom. The van der Waals surface area contributed by atoms with Gasteiger partial charge in [-0.1, -0.05) is 55.8 Å². The lowest BCUT2D eigenvalue weighted by Crippen LogP contribution is -2.28. The zero-order chi connectivity index (χ0) is 12.5. The summed E-state index contributed by atoms with van der Waals surface area (Å²) >= 11 is 5.80. The molecular weight excluding hydrogens is 230 g/mol. The highest BCUT2D eigenvalue weighted by Gasteiger charge is 2.10. The summed E-state index contributed by atoms with van der Waals surface area (Å²) in [5.41, 5.74) is 2.78. The molecule has 0 N–H and O–H groups in total. The minimum absolute atomic E-state index is 0.694. The van der Waals surface area contributed by atoms with E-state index in [1.165, 1.54) is 11.1 Å². The number of benzene rings is 1. The smallest absolute Gasteiger partial charge is 0.0434 e. The molecule has 0 amide bonds. The number of nitrogens with zero attached hydrogens (tertiary/aromatic N) is 1. The number of hydrogen-bond donors (Lipinski definition) is 0. The normalized spacial score (nSPS) is 15.8. The zero-order valence-electron chi connectivity index (χ0n) is 10.8. The van der Waals surface area contributed by atoms with Crippen LogP contribution < -0.4 is 0 Å². The third kappa shape index (κ3) is 4.93. The van der Waals surface area contributed by atoms with E-state index < -0.39 is 0 Å². The Labute approximate surface area is 110 Å². The fraction of sp³-hybridized carbons (Fsp3) is 0.467. The van der Waals surface area contributed by atoms with Gasteiger partial charge in [0, 0.05) is 25.5 Å². The minimum Gasteiger partial charge on any atom is -0.295 e. The second-order valence-electron chi connectivity index (χ2n) is 3.97. The molecule has 0 saturated heterocycles. The molecule has 0 bridgehead atoms. The highest BCUT2D eigenvalue weighted by molar-refractivity contribution is 6.19. The second-order valence-corrected chi connectivity index (χ2v) is 4.23. The average molecular weight is 252 g/mol. The van der Waals surface area contributed by atoms with Gasteiger partial charge in [-0.25, -0.2) is 0 Å². The van der Waals surface area contributed by atoms with Crippen LogP contribution in [0.2, 0.25) is 0 Å². The van der Waals surface area contributed by atoms with E-state index >= 15 is 0 Å². The molecular formula is C15H22ClN. The van der Waals surface area contributed by atoms with E-state index in [-0.39, 0.29) is 0 Å². The molecule has 0 radical (unpaired) electrons. The first kappa shape index (κ1) is 14.3. The van der Waals surface area contributed by atoms with Crippen LogP contribution in [0, 0.1) is 0 Å². The van der Waals surface area contributed by atoms with Gasteiger partial charge in [0.05, 0.1) is 0 Å². The molecule has 94 valence electrons. The van der Waals surface area contributed by atoms with E-state index in [1.807, 2.05) is 13.8 Å². The maximum atomic E-state index is 5.80. The van der Waals surface area contributed by atoms with Crippen LogP contribution in [0.4, 0.5) is 0 Å². The van der Waals surface area contributed by atoms with Crippen molar-refractivity contribution in [3.63, 3.8) is 0 Å². The summed E-state index contributed by atoms with van der Waals surface area (Å²) in [6, 6.07) is 10.6. The Balaban J connectivity index is 0.000000686. The highest BCUT2D eigenvalue weighted by atomic mass is 35.5. The molecule has 1 nitrogen and oxygen atoms in total. The van der Waals surface area contributed by atoms with Crippen molar-refractivity contribution in [3.05, 3.63) is 47.5 Å². The van der Waals surface area contributed by atoms with Gasteiger partial charge < -0.3 is 0 Å². The molecule has 0 unspecified atom stereocenters. The van der Waals surface area contributed by atoms with Gasteiger partial charge in [0.15, 0.2) is 0 Å². The first-order valence-electron chi connectivity index (χ1n) is 6.38. The van der Waals surface area contributed by atoms with E-state index in [2.05, 4.69) is 41.3 Å². The molecule has 1 aliphatic heterocycles. The summed E-state index contributed by atoms with van der Waals surface area (Å²) in [6.45, 7) is 7.22. The van der Waals surface area contributed by atoms with Crippen molar-refractivity contribution < 1.29 is 0 Å². The summed E-state index contributed by atoms with van der Waals surface area (Å²) < 4.78 is 0. The maximum absolute atomic E-state index is 5.80. The van der Waals surface area contributed by atoms with Crippen LogP contribution in [0.5, 0.6) is 0 Å². The van der Waals surface area contributed by atoms with Crippen LogP contribution in [0.25, 0.3) is 0 Å². The molecule has 1 aliphatic rings. The number of hydrogen-bond acceptors (Lipinski definition) is 1. The van der Waals surface area contributed by atoms with E-state index in [1.54, 1.807) is 0 Å². The number of rotatable bonds is 3. The Bertz CT molecular complexity index is 332. The van der Waals surface area contributed by atoms with Crippen molar-refractivity contribution in [2.75, 3.05) is 19.0 Å². The molecule has 1 heterocycles. The van der Waals surface area contributed by atoms with Gasteiger partial charge in [-0.3, -0.25) is 4.90 Å². The van der Waals surface area contributed by atoms with Crippen molar-refractivity contribution in [1.82, 2.24) is 4.90 Å². The predicted molar refractivity (Wildman–Crippen MR) is 76.5 cm³/mol. The Morgan fingerprint density at radius 1 is 1.18 bits per heavy atom. The van der Waals surface area contributed by atoms with Crippen molar-refractivity contribution in [3.8, 4) is 0 Å². The first-order chi connectivity index (χ1) is 8.38. The van der Waals surface area contributed by atoms with Crippen LogP contribution in [0.1, 0.15) is 25.8 Å². The van der Waals surface area contributed by atoms with Crippen LogP contribution >= 0.6 is 11.6 Å². The van der Waals surface area contributed by atoms with Gasteiger partial charge >= 0.3 is 0 Å². The topological polar surface area (TPSA) is 3.24 Å². The Hall–Kier alpha value is -0.790. The van der Waals surface area contributed by atoms with Crippen LogP contribution in [-0.2, 0) is 6.54 Å². The molecule has 0 aromatic heterocycles. The van der Waals surface area contributed by atoms with Crippen LogP contribution in [0.3, 0.4) is 0 Å². The van der Waals surface area contributed by atoms with Crippen molar-refractivity contribution in [1.29, 1.82) is 0 Å². The van der Waals surface area contributed by atoms with Gasteiger partial charge in [-0.15, -0.1) is 11.6 Å². The zero-order valence-corrected chi connectivity index (χ0v) is 11.6. The molecule has 17 heavy (non-hydrogen) atoms. The molecule has 2 heteroatoms. The third-order valence-electron chi connectivity index (χ3n) is 2.81. The SMILES string of the molecule is CC.ClCC1=CCN(Cc2ccccc2)CC1. The molecule has 2 rings (SSSR count). The molecule has 0 aliphatic carbocycles. The molecule has 1 aromatic rings. The summed E-state index contributed by atoms with van der Waals surface area (Å²) in [5.74, 6) is 0.694. The summed E-state index contributed by atoms with van der Waals surface area (Å²) in [5, 5.41) is 0. The van der Waals surface area contributed by atoms with Crippen molar-refractivity contribution in [2.45, 2.75) is 26.8 Å². The summed E-state index contributed by atoms with van der Waals surface area (Å²) in [4.78, 5) is 2.45. The predicted octanol–water partition coefficient (Wildman–Crippen LogP) is 4.08. The van der Waals surface area contributed by atoms with Gasteiger partial charge in [0.2, 0.25) is 0 Å². The molecule has 0 spiro atoms. The molecule has 1 aromatic carbocycles. The average Bonchev–Trinajstić information content (AvgIpc) is 2.43. The standard InChI is InChI=1S/C13H16ClN.C2H6/c14-10-12-6-8-15(9-7-12)11-13-4-2-1-3-5-13;1-2/h1-6H,7-11H2;1-2H3. The van der Waals surface area contributed by atoms with Crippen molar-refractivity contribution in [2.24, 2.45) is 0 Å². The fourth-order valence-electron chi connectivity index (χ4n) is 1.86.